The van der Waals surface area contributed by atoms with E-state index in [1.165, 1.54) is 0 Å². The highest BCUT2D eigenvalue weighted by atomic mass is 35.5. The second-order valence-electron chi connectivity index (χ2n) is 6.06. The Morgan fingerprint density at radius 3 is 2.87 bits per heavy atom. The molecule has 2 fully saturated rings. The molecule has 2 aromatic rings. The van der Waals surface area contributed by atoms with Crippen LogP contribution in [0.1, 0.15) is 16.8 Å². The van der Waals surface area contributed by atoms with E-state index in [9.17, 15) is 4.79 Å². The van der Waals surface area contributed by atoms with Crippen molar-refractivity contribution in [2.45, 2.75) is 12.0 Å². The molecule has 1 amide bonds. The van der Waals surface area contributed by atoms with Crippen LogP contribution in [0.5, 0.6) is 0 Å². The lowest BCUT2D eigenvalue weighted by Crippen LogP contribution is -2.59. The van der Waals surface area contributed by atoms with Crippen molar-refractivity contribution < 1.29 is 14.3 Å². The molecule has 1 aromatic heterocycles. The van der Waals surface area contributed by atoms with Crippen molar-refractivity contribution >= 4 is 28.4 Å². The molecule has 1 unspecified atom stereocenters. The first kappa shape index (κ1) is 14.9. The van der Waals surface area contributed by atoms with Crippen LogP contribution in [0, 0.1) is 0 Å². The largest absolute Gasteiger partial charge is 0.379 e. The van der Waals surface area contributed by atoms with Crippen LogP contribution in [-0.2, 0) is 9.47 Å². The summed E-state index contributed by atoms with van der Waals surface area (Å²) in [6.45, 7) is 2.88. The molecule has 2 saturated heterocycles. The molecule has 2 aliphatic heterocycles. The number of hydrogen-bond acceptors (Lipinski definition) is 4. The number of benzene rings is 1. The van der Waals surface area contributed by atoms with Gasteiger partial charge in [0.05, 0.1) is 36.4 Å². The molecule has 1 aromatic carbocycles. The lowest BCUT2D eigenvalue weighted by Gasteiger charge is -2.43. The van der Waals surface area contributed by atoms with Crippen LogP contribution >= 0.6 is 11.6 Å². The number of hydrogen-bond donors (Lipinski definition) is 0. The van der Waals surface area contributed by atoms with Crippen LogP contribution in [-0.4, -0.2) is 54.3 Å². The maximum Gasteiger partial charge on any atom is 0.255 e. The molecule has 0 bridgehead atoms. The molecule has 1 atom stereocenters. The normalized spacial score (nSPS) is 24.5. The first-order valence-corrected chi connectivity index (χ1v) is 8.09. The van der Waals surface area contributed by atoms with Crippen molar-refractivity contribution in [1.29, 1.82) is 0 Å². The summed E-state index contributed by atoms with van der Waals surface area (Å²) in [6, 6.07) is 7.20. The number of fused-ring (bicyclic) bond motifs is 1. The number of halogens is 1. The maximum absolute atomic E-state index is 13.2. The Kier molecular flexibility index (Phi) is 3.71. The van der Waals surface area contributed by atoms with E-state index in [0.717, 1.165) is 17.3 Å². The lowest BCUT2D eigenvalue weighted by atomic mass is 9.94. The summed E-state index contributed by atoms with van der Waals surface area (Å²) in [5, 5.41) is 1.43. The number of rotatable bonds is 1. The summed E-state index contributed by atoms with van der Waals surface area (Å²) in [7, 11) is 0. The van der Waals surface area contributed by atoms with Gasteiger partial charge in [-0.2, -0.15) is 0 Å². The smallest absolute Gasteiger partial charge is 0.255 e. The second kappa shape index (κ2) is 5.74. The zero-order valence-electron chi connectivity index (χ0n) is 12.6. The molecular formula is C17H17ClN2O3. The van der Waals surface area contributed by atoms with E-state index < -0.39 is 0 Å². The lowest BCUT2D eigenvalue weighted by molar-refractivity contribution is -0.0550. The van der Waals surface area contributed by atoms with Gasteiger partial charge < -0.3 is 14.4 Å². The number of amides is 1. The Balaban J connectivity index is 1.76. The summed E-state index contributed by atoms with van der Waals surface area (Å²) in [6.07, 6.45) is 2.47. The molecule has 1 spiro atoms. The van der Waals surface area contributed by atoms with Gasteiger partial charge in [0.2, 0.25) is 0 Å². The standard InChI is InChI=1S/C17H17ClN2O3/c18-12-1-2-13-14(3-5-19-15(13)9-12)16(21)20-6-8-23-11-17(20)4-7-22-10-17/h1-3,5,9H,4,6-8,10-11H2. The average molecular weight is 333 g/mol. The van der Waals surface area contributed by atoms with E-state index >= 15 is 0 Å². The summed E-state index contributed by atoms with van der Waals surface area (Å²) >= 11 is 6.03. The second-order valence-corrected chi connectivity index (χ2v) is 6.49. The van der Waals surface area contributed by atoms with Crippen LogP contribution in [0.15, 0.2) is 30.5 Å². The van der Waals surface area contributed by atoms with Crippen LogP contribution in [0.25, 0.3) is 10.9 Å². The number of pyridine rings is 1. The van der Waals surface area contributed by atoms with Gasteiger partial charge in [0, 0.05) is 29.8 Å². The maximum atomic E-state index is 13.2. The minimum absolute atomic E-state index is 0.00789. The Labute approximate surface area is 139 Å². The van der Waals surface area contributed by atoms with Crippen molar-refractivity contribution in [2.75, 3.05) is 33.0 Å². The zero-order valence-corrected chi connectivity index (χ0v) is 13.4. The topological polar surface area (TPSA) is 51.7 Å². The number of aromatic nitrogens is 1. The van der Waals surface area contributed by atoms with Crippen molar-refractivity contribution in [3.63, 3.8) is 0 Å². The molecule has 5 nitrogen and oxygen atoms in total. The van der Waals surface area contributed by atoms with E-state index in [2.05, 4.69) is 4.98 Å². The Morgan fingerprint density at radius 2 is 2.04 bits per heavy atom. The molecular weight excluding hydrogens is 316 g/mol. The third kappa shape index (κ3) is 2.49. The van der Waals surface area contributed by atoms with Gasteiger partial charge in [0.15, 0.2) is 0 Å². The van der Waals surface area contributed by atoms with E-state index in [0.29, 0.717) is 43.6 Å². The fourth-order valence-corrected chi connectivity index (χ4v) is 3.59. The third-order valence-electron chi connectivity index (χ3n) is 4.67. The highest BCUT2D eigenvalue weighted by molar-refractivity contribution is 6.31. The number of carbonyl (C=O) groups excluding carboxylic acids is 1. The van der Waals surface area contributed by atoms with Gasteiger partial charge in [0.25, 0.3) is 5.91 Å². The van der Waals surface area contributed by atoms with Gasteiger partial charge in [-0.25, -0.2) is 0 Å². The summed E-state index contributed by atoms with van der Waals surface area (Å²) < 4.78 is 11.2. The van der Waals surface area contributed by atoms with Crippen LogP contribution in [0.2, 0.25) is 5.02 Å². The highest BCUT2D eigenvalue weighted by Crippen LogP contribution is 2.32. The minimum atomic E-state index is -0.336. The van der Waals surface area contributed by atoms with Gasteiger partial charge in [-0.05, 0) is 24.6 Å². The van der Waals surface area contributed by atoms with Crippen molar-refractivity contribution in [3.8, 4) is 0 Å². The predicted octanol–water partition coefficient (Wildman–Crippen LogP) is 2.52. The van der Waals surface area contributed by atoms with Crippen molar-refractivity contribution in [3.05, 3.63) is 41.0 Å². The van der Waals surface area contributed by atoms with Gasteiger partial charge >= 0.3 is 0 Å². The summed E-state index contributed by atoms with van der Waals surface area (Å²) in [5.74, 6) is 0.00789. The van der Waals surface area contributed by atoms with Gasteiger partial charge in [-0.15, -0.1) is 0 Å². The summed E-state index contributed by atoms with van der Waals surface area (Å²) in [5.41, 5.74) is 1.05. The van der Waals surface area contributed by atoms with Crippen molar-refractivity contribution in [2.24, 2.45) is 0 Å². The number of carbonyl (C=O) groups is 1. The average Bonchev–Trinajstić information content (AvgIpc) is 3.02. The minimum Gasteiger partial charge on any atom is -0.379 e. The fraction of sp³-hybridized carbons (Fsp3) is 0.412. The van der Waals surface area contributed by atoms with E-state index in [4.69, 9.17) is 21.1 Å². The third-order valence-corrected chi connectivity index (χ3v) is 4.90. The molecule has 3 heterocycles. The van der Waals surface area contributed by atoms with Crippen molar-refractivity contribution in [1.82, 2.24) is 9.88 Å². The Morgan fingerprint density at radius 1 is 1.22 bits per heavy atom. The van der Waals surface area contributed by atoms with Crippen LogP contribution in [0.4, 0.5) is 0 Å². The number of nitrogens with zero attached hydrogens (tertiary/aromatic N) is 2. The van der Waals surface area contributed by atoms with Crippen LogP contribution in [0.3, 0.4) is 0 Å². The molecule has 0 saturated carbocycles. The SMILES string of the molecule is O=C(c1ccnc2cc(Cl)ccc12)N1CCOCC12CCOC2. The molecule has 2 aliphatic rings. The first-order chi connectivity index (χ1) is 11.2. The molecule has 0 radical (unpaired) electrons. The van der Waals surface area contributed by atoms with E-state index in [1.807, 2.05) is 11.0 Å². The number of ether oxygens (including phenoxy) is 2. The molecule has 23 heavy (non-hydrogen) atoms. The highest BCUT2D eigenvalue weighted by Gasteiger charge is 2.45. The Bertz CT molecular complexity index is 759. The molecule has 6 heteroatoms. The van der Waals surface area contributed by atoms with Gasteiger partial charge in [0.1, 0.15) is 0 Å². The first-order valence-electron chi connectivity index (χ1n) is 7.71. The monoisotopic (exact) mass is 332 g/mol. The Hall–Kier alpha value is -1.69. The summed E-state index contributed by atoms with van der Waals surface area (Å²) in [4.78, 5) is 19.5. The molecule has 4 rings (SSSR count). The fourth-order valence-electron chi connectivity index (χ4n) is 3.43. The quantitative estimate of drug-likeness (QED) is 0.805. The molecule has 120 valence electrons. The van der Waals surface area contributed by atoms with E-state index in [-0.39, 0.29) is 11.4 Å². The predicted molar refractivity (Wildman–Crippen MR) is 86.8 cm³/mol. The number of morpholine rings is 1. The van der Waals surface area contributed by atoms with Gasteiger partial charge in [-0.1, -0.05) is 17.7 Å². The van der Waals surface area contributed by atoms with Crippen LogP contribution < -0.4 is 0 Å². The zero-order chi connectivity index (χ0) is 15.9. The molecule has 0 aliphatic carbocycles. The van der Waals surface area contributed by atoms with E-state index in [1.54, 1.807) is 24.4 Å². The molecule has 0 N–H and O–H groups in total. The van der Waals surface area contributed by atoms with Gasteiger partial charge in [-0.3, -0.25) is 9.78 Å².